The minimum atomic E-state index is -0.378. The van der Waals surface area contributed by atoms with E-state index in [9.17, 15) is 14.4 Å². The molecule has 6 N–H and O–H groups in total. The lowest BCUT2D eigenvalue weighted by Crippen LogP contribution is -2.36. The maximum absolute atomic E-state index is 12.3. The minimum absolute atomic E-state index is 0.0340. The maximum Gasteiger partial charge on any atom is 0.315 e. The number of fused-ring (bicyclic) bond motifs is 1. The van der Waals surface area contributed by atoms with Crippen LogP contribution in [0.1, 0.15) is 49.4 Å². The number of carbonyl (C=O) groups is 3. The summed E-state index contributed by atoms with van der Waals surface area (Å²) in [6, 6.07) is 7.98. The van der Waals surface area contributed by atoms with Crippen molar-refractivity contribution in [3.8, 4) is 10.4 Å². The van der Waals surface area contributed by atoms with Crippen LogP contribution in [0.25, 0.3) is 10.4 Å². The Bertz CT molecular complexity index is 1220. The highest BCUT2D eigenvalue weighted by Gasteiger charge is 2.42. The number of carbonyl (C=O) groups excluding carboxylic acids is 3. The van der Waals surface area contributed by atoms with E-state index >= 15 is 0 Å². The molecule has 0 saturated carbocycles. The summed E-state index contributed by atoms with van der Waals surface area (Å²) in [6.45, 7) is 5.41. The standard InChI is InChI=1S/C31H46N6O6S2/c1-21-30(45-20-35-21)23-8-6-22(7-9-23)24(32)18-28(39)34-11-13-42-15-17-43-16-14-41-12-10-33-27(38)5-3-2-4-26-29-25(19-44-26)36-31(40)37-29/h6-9,20,24-26,29H,2-5,10-19,32H2,1H3,(H,33,38)(H,34,39)(H2,36,37,40)/t24-,25-,26-,29-/m0/s1. The number of hydrogen-bond acceptors (Lipinski definition) is 10. The molecular formula is C31H46N6O6S2. The van der Waals surface area contributed by atoms with Gasteiger partial charge in [-0.15, -0.1) is 11.3 Å². The number of hydrogen-bond donors (Lipinski definition) is 5. The second-order valence-electron chi connectivity index (χ2n) is 11.1. The van der Waals surface area contributed by atoms with Crippen LogP contribution in [-0.2, 0) is 23.8 Å². The Balaban J connectivity index is 0.894. The first-order valence-electron chi connectivity index (χ1n) is 15.6. The minimum Gasteiger partial charge on any atom is -0.377 e. The molecule has 2 fully saturated rings. The molecule has 248 valence electrons. The number of amides is 4. The van der Waals surface area contributed by atoms with Crippen LogP contribution in [0, 0.1) is 6.92 Å². The molecule has 1 aromatic heterocycles. The molecule has 45 heavy (non-hydrogen) atoms. The van der Waals surface area contributed by atoms with E-state index in [0.29, 0.717) is 64.4 Å². The van der Waals surface area contributed by atoms with Crippen molar-refractivity contribution in [2.24, 2.45) is 5.73 Å². The van der Waals surface area contributed by atoms with Gasteiger partial charge in [0, 0.05) is 43.0 Å². The summed E-state index contributed by atoms with van der Waals surface area (Å²) in [5.74, 6) is 0.873. The maximum atomic E-state index is 12.3. The second-order valence-corrected chi connectivity index (χ2v) is 13.2. The first kappa shape index (κ1) is 35.1. The van der Waals surface area contributed by atoms with Gasteiger partial charge < -0.3 is 41.2 Å². The van der Waals surface area contributed by atoms with Crippen LogP contribution in [0.15, 0.2) is 29.8 Å². The van der Waals surface area contributed by atoms with Gasteiger partial charge in [0.25, 0.3) is 0 Å². The van der Waals surface area contributed by atoms with E-state index in [4.69, 9.17) is 19.9 Å². The number of urea groups is 1. The first-order valence-corrected chi connectivity index (χ1v) is 17.5. The Morgan fingerprint density at radius 3 is 2.31 bits per heavy atom. The van der Waals surface area contributed by atoms with E-state index < -0.39 is 0 Å². The van der Waals surface area contributed by atoms with Gasteiger partial charge in [-0.05, 0) is 30.9 Å². The predicted octanol–water partition coefficient (Wildman–Crippen LogP) is 2.52. The molecule has 4 amide bonds. The lowest BCUT2D eigenvalue weighted by atomic mass is 10.0. The summed E-state index contributed by atoms with van der Waals surface area (Å²) in [5, 5.41) is 12.1. The average Bonchev–Trinajstić information content (AvgIpc) is 3.73. The van der Waals surface area contributed by atoms with Gasteiger partial charge >= 0.3 is 6.03 Å². The van der Waals surface area contributed by atoms with Crippen LogP contribution in [-0.4, -0.2) is 98.6 Å². The van der Waals surface area contributed by atoms with Crippen LogP contribution in [0.3, 0.4) is 0 Å². The van der Waals surface area contributed by atoms with Crippen molar-refractivity contribution >= 4 is 40.9 Å². The van der Waals surface area contributed by atoms with Crippen molar-refractivity contribution in [1.29, 1.82) is 0 Å². The number of rotatable bonds is 21. The van der Waals surface area contributed by atoms with Crippen molar-refractivity contribution in [2.45, 2.75) is 62.4 Å². The van der Waals surface area contributed by atoms with Gasteiger partial charge in [-0.2, -0.15) is 11.8 Å². The van der Waals surface area contributed by atoms with Gasteiger partial charge in [0.15, 0.2) is 0 Å². The Morgan fingerprint density at radius 2 is 1.64 bits per heavy atom. The van der Waals surface area contributed by atoms with Crippen LogP contribution in [0.2, 0.25) is 0 Å². The molecule has 0 aliphatic carbocycles. The van der Waals surface area contributed by atoms with Crippen molar-refractivity contribution < 1.29 is 28.6 Å². The topological polar surface area (TPSA) is 166 Å². The van der Waals surface area contributed by atoms with Gasteiger partial charge in [-0.1, -0.05) is 30.7 Å². The van der Waals surface area contributed by atoms with E-state index in [1.807, 2.05) is 48.5 Å². The molecule has 0 spiro atoms. The quantitative estimate of drug-likeness (QED) is 0.0998. The molecule has 2 aliphatic heterocycles. The Labute approximate surface area is 273 Å². The van der Waals surface area contributed by atoms with E-state index in [1.165, 1.54) is 0 Å². The Hall–Kier alpha value is -2.75. The average molecular weight is 663 g/mol. The van der Waals surface area contributed by atoms with Crippen LogP contribution in [0.5, 0.6) is 0 Å². The normalized spacial score (nSPS) is 19.5. The first-order chi connectivity index (χ1) is 21.9. The van der Waals surface area contributed by atoms with Gasteiger partial charge in [-0.25, -0.2) is 9.78 Å². The van der Waals surface area contributed by atoms with Crippen molar-refractivity contribution in [1.82, 2.24) is 26.3 Å². The van der Waals surface area contributed by atoms with Crippen molar-refractivity contribution in [3.63, 3.8) is 0 Å². The van der Waals surface area contributed by atoms with Crippen LogP contribution in [0.4, 0.5) is 4.79 Å². The lowest BCUT2D eigenvalue weighted by Gasteiger charge is -2.16. The Morgan fingerprint density at radius 1 is 0.978 bits per heavy atom. The number of nitrogens with one attached hydrogen (secondary N) is 4. The zero-order valence-corrected chi connectivity index (χ0v) is 27.5. The fourth-order valence-electron chi connectivity index (χ4n) is 5.28. The van der Waals surface area contributed by atoms with Gasteiger partial charge in [-0.3, -0.25) is 9.59 Å². The fraction of sp³-hybridized carbons (Fsp3) is 0.613. The molecule has 12 nitrogen and oxygen atoms in total. The zero-order chi connectivity index (χ0) is 31.9. The molecule has 2 aromatic rings. The third kappa shape index (κ3) is 11.8. The number of nitrogens with two attached hydrogens (primary N) is 1. The van der Waals surface area contributed by atoms with E-state index in [-0.39, 0.29) is 42.4 Å². The molecular weight excluding hydrogens is 617 g/mol. The number of ether oxygens (including phenoxy) is 3. The summed E-state index contributed by atoms with van der Waals surface area (Å²) >= 11 is 3.50. The number of aryl methyl sites for hydroxylation is 1. The second kappa shape index (κ2) is 19.0. The molecule has 14 heteroatoms. The lowest BCUT2D eigenvalue weighted by molar-refractivity contribution is -0.122. The third-order valence-corrected chi connectivity index (χ3v) is 10.2. The summed E-state index contributed by atoms with van der Waals surface area (Å²) in [5.41, 5.74) is 11.1. The highest BCUT2D eigenvalue weighted by atomic mass is 32.2. The van der Waals surface area contributed by atoms with Gasteiger partial charge in [0.1, 0.15) is 0 Å². The van der Waals surface area contributed by atoms with Crippen LogP contribution < -0.4 is 27.0 Å². The number of benzene rings is 1. The highest BCUT2D eigenvalue weighted by molar-refractivity contribution is 8.00. The number of thiazole rings is 1. The van der Waals surface area contributed by atoms with Gasteiger partial charge in [0.2, 0.25) is 11.8 Å². The van der Waals surface area contributed by atoms with E-state index in [1.54, 1.807) is 11.3 Å². The molecule has 4 rings (SSSR count). The SMILES string of the molecule is Cc1ncsc1-c1ccc([C@@H](N)CC(=O)NCCOCCOCCOCCNC(=O)CCCC[C@@H]2SC[C@@H]3NC(=O)N[C@@H]32)cc1. The largest absolute Gasteiger partial charge is 0.377 e. The molecule has 0 radical (unpaired) electrons. The highest BCUT2D eigenvalue weighted by Crippen LogP contribution is 2.33. The van der Waals surface area contributed by atoms with Crippen LogP contribution >= 0.6 is 23.1 Å². The third-order valence-electron chi connectivity index (χ3n) is 7.71. The Kier molecular flexibility index (Phi) is 14.9. The van der Waals surface area contributed by atoms with Crippen molar-refractivity contribution in [2.75, 3.05) is 58.5 Å². The molecule has 1 aromatic carbocycles. The smallest absolute Gasteiger partial charge is 0.315 e. The summed E-state index contributed by atoms with van der Waals surface area (Å²) in [4.78, 5) is 41.2. The summed E-state index contributed by atoms with van der Waals surface area (Å²) in [6.07, 6.45) is 3.51. The van der Waals surface area contributed by atoms with Crippen molar-refractivity contribution in [3.05, 3.63) is 41.0 Å². The fourth-order valence-corrected chi connectivity index (χ4v) is 7.64. The zero-order valence-electron chi connectivity index (χ0n) is 25.9. The number of nitrogens with zero attached hydrogens (tertiary/aromatic N) is 1. The van der Waals surface area contributed by atoms with E-state index in [0.717, 1.165) is 46.7 Å². The predicted molar refractivity (Wildman–Crippen MR) is 176 cm³/mol. The van der Waals surface area contributed by atoms with E-state index in [2.05, 4.69) is 26.3 Å². The summed E-state index contributed by atoms with van der Waals surface area (Å²) in [7, 11) is 0. The molecule has 4 atom stereocenters. The summed E-state index contributed by atoms with van der Waals surface area (Å²) < 4.78 is 16.5. The number of aromatic nitrogens is 1. The van der Waals surface area contributed by atoms with Gasteiger partial charge in [0.05, 0.1) is 67.8 Å². The molecule has 3 heterocycles. The number of unbranched alkanes of at least 4 members (excludes halogenated alkanes) is 1. The monoisotopic (exact) mass is 662 g/mol. The molecule has 0 bridgehead atoms. The molecule has 2 saturated heterocycles. The molecule has 2 aliphatic rings. The molecule has 0 unspecified atom stereocenters. The number of thioether (sulfide) groups is 1.